The lowest BCUT2D eigenvalue weighted by atomic mass is 10.3. The second-order valence-corrected chi connectivity index (χ2v) is 3.29. The molecular weight excluding hydrogens is 221 g/mol. The van der Waals surface area contributed by atoms with E-state index in [0.717, 1.165) is 11.5 Å². The maximum Gasteiger partial charge on any atom is 0.290 e. The predicted molar refractivity (Wildman–Crippen MR) is 44.3 cm³/mol. The highest BCUT2D eigenvalue weighted by Crippen LogP contribution is 2.21. The maximum absolute atomic E-state index is 12.3. The van der Waals surface area contributed by atoms with Gasteiger partial charge in [-0.3, -0.25) is 4.79 Å². The quantitative estimate of drug-likeness (QED) is 0.748. The second-order valence-electron chi connectivity index (χ2n) is 2.07. The number of hydrogen-bond donors (Lipinski definition) is 1. The number of amides is 1. The highest BCUT2D eigenvalue weighted by atomic mass is 35.5. The molecule has 8 heteroatoms. The van der Waals surface area contributed by atoms with Crippen LogP contribution in [-0.2, 0) is 4.79 Å². The van der Waals surface area contributed by atoms with E-state index >= 15 is 0 Å². The third-order valence-electron chi connectivity index (χ3n) is 1.15. The molecule has 2 N–H and O–H groups in total. The van der Waals surface area contributed by atoms with Crippen molar-refractivity contribution >= 4 is 29.0 Å². The van der Waals surface area contributed by atoms with Crippen LogP contribution in [0.25, 0.3) is 0 Å². The van der Waals surface area contributed by atoms with E-state index in [0.29, 0.717) is 0 Å². The minimum Gasteiger partial charge on any atom is -0.441 e. The van der Waals surface area contributed by atoms with Crippen LogP contribution in [0.3, 0.4) is 0 Å². The molecule has 0 spiro atoms. The highest BCUT2D eigenvalue weighted by molar-refractivity contribution is 7.03. The van der Waals surface area contributed by atoms with Crippen LogP contribution in [-0.4, -0.2) is 27.2 Å². The van der Waals surface area contributed by atoms with E-state index in [2.05, 4.69) is 9.59 Å². The van der Waals surface area contributed by atoms with Gasteiger partial charge in [0, 0.05) is 0 Å². The van der Waals surface area contributed by atoms with E-state index in [9.17, 15) is 9.18 Å². The number of ether oxygens (including phenoxy) is 1. The normalized spacial score (nSPS) is 14.9. The van der Waals surface area contributed by atoms with Gasteiger partial charge in [-0.15, -0.1) is 0 Å². The van der Waals surface area contributed by atoms with Crippen LogP contribution in [0.2, 0.25) is 0 Å². The first-order valence-corrected chi connectivity index (χ1v) is 4.31. The lowest BCUT2D eigenvalue weighted by molar-refractivity contribution is -0.128. The van der Waals surface area contributed by atoms with E-state index in [-0.39, 0.29) is 5.88 Å². The monoisotopic (exact) mass is 225 g/mol. The number of alkyl halides is 2. The average Bonchev–Trinajstić information content (AvgIpc) is 2.56. The highest BCUT2D eigenvalue weighted by Gasteiger charge is 2.37. The number of nitrogens with two attached hydrogens (primary N) is 1. The van der Waals surface area contributed by atoms with E-state index in [4.69, 9.17) is 22.1 Å². The van der Waals surface area contributed by atoms with Crippen molar-refractivity contribution in [2.24, 2.45) is 5.73 Å². The molecule has 0 bridgehead atoms. The first kappa shape index (κ1) is 10.1. The van der Waals surface area contributed by atoms with Gasteiger partial charge in [0.05, 0.1) is 5.38 Å². The lowest BCUT2D eigenvalue weighted by Gasteiger charge is -2.18. The molecule has 5 nitrogen and oxygen atoms in total. The van der Waals surface area contributed by atoms with Gasteiger partial charge in [-0.2, -0.15) is 0 Å². The summed E-state index contributed by atoms with van der Waals surface area (Å²) < 4.78 is 20.4. The Morgan fingerprint density at radius 2 is 2.62 bits per heavy atom. The summed E-state index contributed by atoms with van der Waals surface area (Å²) in [5.41, 5.74) is 4.82. The number of rotatable bonds is 4. The van der Waals surface area contributed by atoms with Crippen molar-refractivity contribution in [3.63, 3.8) is 0 Å². The zero-order chi connectivity index (χ0) is 9.90. The van der Waals surface area contributed by atoms with Crippen molar-refractivity contribution in [3.05, 3.63) is 5.38 Å². The Kier molecular flexibility index (Phi) is 2.99. The number of nitrogens with zero attached hydrogens (tertiary/aromatic N) is 2. The van der Waals surface area contributed by atoms with Crippen molar-refractivity contribution in [2.75, 3.05) is 6.67 Å². The number of halogens is 2. The fourth-order valence-corrected chi connectivity index (χ4v) is 0.949. The van der Waals surface area contributed by atoms with Crippen LogP contribution in [0.1, 0.15) is 0 Å². The Labute approximate surface area is 81.8 Å². The Balaban J connectivity index is 2.75. The molecule has 1 atom stereocenters. The summed E-state index contributed by atoms with van der Waals surface area (Å²) in [5, 5.41) is 2.60. The van der Waals surface area contributed by atoms with Gasteiger partial charge in [0.2, 0.25) is 5.88 Å². The van der Waals surface area contributed by atoms with Gasteiger partial charge in [0.25, 0.3) is 11.0 Å². The first-order chi connectivity index (χ1) is 6.08. The molecule has 0 saturated carbocycles. The van der Waals surface area contributed by atoms with Gasteiger partial charge in [0.1, 0.15) is 0 Å². The van der Waals surface area contributed by atoms with Crippen LogP contribution in [0.4, 0.5) is 4.39 Å². The van der Waals surface area contributed by atoms with Crippen molar-refractivity contribution in [2.45, 2.75) is 5.06 Å². The van der Waals surface area contributed by atoms with Crippen LogP contribution in [0.15, 0.2) is 5.38 Å². The molecule has 1 rings (SSSR count). The number of carbonyl (C=O) groups is 1. The Morgan fingerprint density at radius 3 is 3.00 bits per heavy atom. The molecule has 1 aromatic rings. The number of aromatic nitrogens is 2. The van der Waals surface area contributed by atoms with Crippen molar-refractivity contribution in [1.82, 2.24) is 9.59 Å². The number of primary amides is 1. The van der Waals surface area contributed by atoms with Gasteiger partial charge in [-0.05, 0) is 11.5 Å². The van der Waals surface area contributed by atoms with Gasteiger partial charge in [-0.1, -0.05) is 21.2 Å². The Hall–Kier alpha value is -0.950. The topological polar surface area (TPSA) is 78.1 Å². The number of hydrogen-bond acceptors (Lipinski definition) is 5. The van der Waals surface area contributed by atoms with E-state index in [1.54, 1.807) is 0 Å². The molecule has 0 aromatic carbocycles. The van der Waals surface area contributed by atoms with Crippen molar-refractivity contribution in [1.29, 1.82) is 0 Å². The number of carbonyl (C=O) groups excluding carboxylic acids is 1. The summed E-state index contributed by atoms with van der Waals surface area (Å²) in [6.07, 6.45) is 0. The molecule has 72 valence electrons. The zero-order valence-corrected chi connectivity index (χ0v) is 7.81. The van der Waals surface area contributed by atoms with Gasteiger partial charge >= 0.3 is 0 Å². The summed E-state index contributed by atoms with van der Waals surface area (Å²) >= 11 is 6.40. The minimum absolute atomic E-state index is 0.0311. The lowest BCUT2D eigenvalue weighted by Crippen LogP contribution is -2.46. The molecule has 0 aliphatic rings. The molecule has 1 amide bonds. The minimum atomic E-state index is -2.18. The third-order valence-corrected chi connectivity index (χ3v) is 1.99. The second kappa shape index (κ2) is 3.84. The molecule has 0 aliphatic carbocycles. The molecule has 0 saturated heterocycles. The summed E-state index contributed by atoms with van der Waals surface area (Å²) in [4.78, 5) is 10.7. The molecule has 1 heterocycles. The van der Waals surface area contributed by atoms with Gasteiger partial charge < -0.3 is 10.5 Å². The molecule has 13 heavy (non-hydrogen) atoms. The molecular formula is C5H5ClFN3O2S. The largest absolute Gasteiger partial charge is 0.441 e. The average molecular weight is 226 g/mol. The van der Waals surface area contributed by atoms with Crippen LogP contribution in [0.5, 0.6) is 5.88 Å². The van der Waals surface area contributed by atoms with E-state index in [1.807, 2.05) is 0 Å². The van der Waals surface area contributed by atoms with Crippen molar-refractivity contribution < 1.29 is 13.9 Å². The SMILES string of the molecule is NC(=O)C(Cl)(CF)Oc1csnn1. The van der Waals surface area contributed by atoms with Crippen LogP contribution >= 0.6 is 23.1 Å². The standard InChI is InChI=1S/C5H5ClFN3O2S/c6-5(2-7,4(8)11)12-3-1-13-10-9-3/h1H,2H2,(H2,8,11). The van der Waals surface area contributed by atoms with E-state index in [1.165, 1.54) is 5.38 Å². The maximum atomic E-state index is 12.3. The summed E-state index contributed by atoms with van der Waals surface area (Å²) in [7, 11) is 0. The summed E-state index contributed by atoms with van der Waals surface area (Å²) in [5.74, 6) is -1.14. The fraction of sp³-hybridized carbons (Fsp3) is 0.400. The smallest absolute Gasteiger partial charge is 0.290 e. The van der Waals surface area contributed by atoms with Gasteiger partial charge in [0.15, 0.2) is 6.67 Å². The zero-order valence-electron chi connectivity index (χ0n) is 6.24. The molecule has 0 aliphatic heterocycles. The fourth-order valence-electron chi connectivity index (χ4n) is 0.510. The molecule has 0 radical (unpaired) electrons. The molecule has 1 unspecified atom stereocenters. The van der Waals surface area contributed by atoms with Crippen molar-refractivity contribution in [3.8, 4) is 5.88 Å². The summed E-state index contributed by atoms with van der Waals surface area (Å²) in [6.45, 7) is -1.23. The Bertz CT molecular complexity index is 296. The molecule has 0 fully saturated rings. The first-order valence-electron chi connectivity index (χ1n) is 3.09. The van der Waals surface area contributed by atoms with Gasteiger partial charge in [-0.25, -0.2) is 4.39 Å². The third kappa shape index (κ3) is 2.25. The predicted octanol–water partition coefficient (Wildman–Crippen LogP) is 0.307. The molecule has 1 aromatic heterocycles. The Morgan fingerprint density at radius 1 is 1.92 bits per heavy atom. The summed E-state index contributed by atoms with van der Waals surface area (Å²) in [6, 6.07) is 0. The van der Waals surface area contributed by atoms with E-state index < -0.39 is 17.6 Å². The van der Waals surface area contributed by atoms with Crippen LogP contribution < -0.4 is 10.5 Å². The van der Waals surface area contributed by atoms with Crippen LogP contribution in [0, 0.1) is 0 Å².